The van der Waals surface area contributed by atoms with Crippen LogP contribution in [-0.2, 0) is 16.0 Å². The van der Waals surface area contributed by atoms with Gasteiger partial charge in [-0.25, -0.2) is 0 Å². The number of benzene rings is 2. The fourth-order valence-electron chi connectivity index (χ4n) is 3.15. The molecule has 1 atom stereocenters. The summed E-state index contributed by atoms with van der Waals surface area (Å²) in [5.74, 6) is 0.339. The Morgan fingerprint density at radius 3 is 2.67 bits per heavy atom. The number of nitrogens with zero attached hydrogens (tertiary/aromatic N) is 1. The van der Waals surface area contributed by atoms with Crippen LogP contribution in [0.25, 0.3) is 0 Å². The van der Waals surface area contributed by atoms with Crippen molar-refractivity contribution in [3.8, 4) is 5.75 Å². The highest BCUT2D eigenvalue weighted by atomic mass is 16.5. The maximum atomic E-state index is 13.0. The molecule has 0 saturated carbocycles. The Kier molecular flexibility index (Phi) is 5.79. The minimum Gasteiger partial charge on any atom is -0.477 e. The summed E-state index contributed by atoms with van der Waals surface area (Å²) in [4.78, 5) is 27.1. The normalized spacial score (nSPS) is 15.7. The summed E-state index contributed by atoms with van der Waals surface area (Å²) < 4.78 is 5.85. The van der Waals surface area contributed by atoms with Crippen LogP contribution >= 0.6 is 0 Å². The van der Waals surface area contributed by atoms with Crippen molar-refractivity contribution in [3.63, 3.8) is 0 Å². The zero-order valence-electron chi connectivity index (χ0n) is 16.1. The van der Waals surface area contributed by atoms with Gasteiger partial charge in [-0.3, -0.25) is 9.59 Å². The highest BCUT2D eigenvalue weighted by molar-refractivity contribution is 5.98. The average Bonchev–Trinajstić information content (AvgIpc) is 2.68. The van der Waals surface area contributed by atoms with Gasteiger partial charge in [-0.1, -0.05) is 37.3 Å². The van der Waals surface area contributed by atoms with Crippen LogP contribution in [0, 0.1) is 13.8 Å². The van der Waals surface area contributed by atoms with E-state index in [4.69, 9.17) is 4.74 Å². The first-order chi connectivity index (χ1) is 13.0. The summed E-state index contributed by atoms with van der Waals surface area (Å²) in [5.41, 5.74) is 4.06. The highest BCUT2D eigenvalue weighted by Gasteiger charge is 2.33. The number of ether oxygens (including phenoxy) is 1. The predicted octanol–water partition coefficient (Wildman–Crippen LogP) is 3.17. The molecule has 0 bridgehead atoms. The van der Waals surface area contributed by atoms with Gasteiger partial charge in [-0.2, -0.15) is 0 Å². The molecule has 2 amide bonds. The first-order valence-corrected chi connectivity index (χ1v) is 9.39. The van der Waals surface area contributed by atoms with Crippen LogP contribution in [0.1, 0.15) is 30.0 Å². The van der Waals surface area contributed by atoms with Crippen molar-refractivity contribution < 1.29 is 14.3 Å². The molecule has 0 fully saturated rings. The number of anilines is 1. The van der Waals surface area contributed by atoms with Gasteiger partial charge >= 0.3 is 0 Å². The number of nitrogens with one attached hydrogen (secondary N) is 1. The largest absolute Gasteiger partial charge is 0.477 e. The van der Waals surface area contributed by atoms with E-state index < -0.39 is 6.10 Å². The quantitative estimate of drug-likeness (QED) is 0.884. The molecule has 1 aliphatic rings. The molecule has 5 nitrogen and oxygen atoms in total. The van der Waals surface area contributed by atoms with E-state index in [0.29, 0.717) is 24.4 Å². The standard InChI is InChI=1S/C22H26N2O3/c1-4-11-23-22(26)20-14-24(18-7-5-6-8-19(18)27-20)21(25)13-17-10-9-15(2)16(3)12-17/h5-10,12,20H,4,11,13-14H2,1-3H3,(H,23,26)/t20-/m0/s1. The van der Waals surface area contributed by atoms with E-state index in [2.05, 4.69) is 12.2 Å². The minimum absolute atomic E-state index is 0.0395. The van der Waals surface area contributed by atoms with Gasteiger partial charge < -0.3 is 15.0 Å². The van der Waals surface area contributed by atoms with Crippen molar-refractivity contribution in [2.24, 2.45) is 0 Å². The Morgan fingerprint density at radius 2 is 1.93 bits per heavy atom. The average molecular weight is 366 g/mol. The zero-order valence-corrected chi connectivity index (χ0v) is 16.1. The lowest BCUT2D eigenvalue weighted by Gasteiger charge is -2.34. The van der Waals surface area contributed by atoms with Crippen LogP contribution in [-0.4, -0.2) is 31.0 Å². The number of para-hydroxylation sites is 2. The highest BCUT2D eigenvalue weighted by Crippen LogP contribution is 2.33. The summed E-state index contributed by atoms with van der Waals surface area (Å²) in [6.45, 7) is 6.91. The molecule has 1 aliphatic heterocycles. The summed E-state index contributed by atoms with van der Waals surface area (Å²) in [6.07, 6.45) is 0.443. The number of hydrogen-bond donors (Lipinski definition) is 1. The Labute approximate surface area is 160 Å². The van der Waals surface area contributed by atoms with Gasteiger partial charge in [0.2, 0.25) is 5.91 Å². The van der Waals surface area contributed by atoms with Gasteiger partial charge in [0.05, 0.1) is 18.7 Å². The third-order valence-electron chi connectivity index (χ3n) is 4.84. The van der Waals surface area contributed by atoms with Gasteiger partial charge in [-0.05, 0) is 49.1 Å². The molecular weight excluding hydrogens is 340 g/mol. The lowest BCUT2D eigenvalue weighted by Crippen LogP contribution is -2.51. The Hall–Kier alpha value is -2.82. The van der Waals surface area contributed by atoms with E-state index in [1.54, 1.807) is 11.0 Å². The maximum Gasteiger partial charge on any atom is 0.262 e. The summed E-state index contributed by atoms with van der Waals surface area (Å²) in [6, 6.07) is 13.4. The van der Waals surface area contributed by atoms with Gasteiger partial charge in [0, 0.05) is 6.54 Å². The van der Waals surface area contributed by atoms with Crippen LogP contribution in [0.4, 0.5) is 5.69 Å². The van der Waals surface area contributed by atoms with E-state index in [-0.39, 0.29) is 18.4 Å². The van der Waals surface area contributed by atoms with Crippen molar-refractivity contribution >= 4 is 17.5 Å². The summed E-state index contributed by atoms with van der Waals surface area (Å²) >= 11 is 0. The van der Waals surface area contributed by atoms with Crippen LogP contribution < -0.4 is 15.0 Å². The molecular formula is C22H26N2O3. The van der Waals surface area contributed by atoms with Crippen molar-refractivity contribution in [3.05, 3.63) is 59.2 Å². The van der Waals surface area contributed by atoms with Gasteiger partial charge in [-0.15, -0.1) is 0 Å². The first-order valence-electron chi connectivity index (χ1n) is 9.39. The molecule has 0 unspecified atom stereocenters. The third kappa shape index (κ3) is 4.30. The third-order valence-corrected chi connectivity index (χ3v) is 4.84. The maximum absolute atomic E-state index is 13.0. The molecule has 27 heavy (non-hydrogen) atoms. The van der Waals surface area contributed by atoms with Gasteiger partial charge in [0.15, 0.2) is 6.10 Å². The van der Waals surface area contributed by atoms with Crippen molar-refractivity contribution in [1.82, 2.24) is 5.32 Å². The lowest BCUT2D eigenvalue weighted by atomic mass is 10.0. The topological polar surface area (TPSA) is 58.6 Å². The Balaban J connectivity index is 1.82. The van der Waals surface area contributed by atoms with E-state index in [1.165, 1.54) is 11.1 Å². The summed E-state index contributed by atoms with van der Waals surface area (Å²) in [5, 5.41) is 2.85. The molecule has 1 heterocycles. The van der Waals surface area contributed by atoms with Crippen LogP contribution in [0.2, 0.25) is 0 Å². The van der Waals surface area contributed by atoms with Crippen molar-refractivity contribution in [2.75, 3.05) is 18.0 Å². The number of aryl methyl sites for hydroxylation is 2. The number of fused-ring (bicyclic) bond motifs is 1. The second-order valence-corrected chi connectivity index (χ2v) is 6.96. The Morgan fingerprint density at radius 1 is 1.15 bits per heavy atom. The van der Waals surface area contributed by atoms with E-state index in [0.717, 1.165) is 12.0 Å². The zero-order chi connectivity index (χ0) is 19.4. The number of amides is 2. The number of hydrogen-bond acceptors (Lipinski definition) is 3. The second-order valence-electron chi connectivity index (χ2n) is 6.96. The minimum atomic E-state index is -0.699. The number of rotatable bonds is 5. The van der Waals surface area contributed by atoms with Crippen LogP contribution in [0.3, 0.4) is 0 Å². The SMILES string of the molecule is CCCNC(=O)[C@@H]1CN(C(=O)Cc2ccc(C)c(C)c2)c2ccccc2O1. The van der Waals surface area contributed by atoms with Crippen LogP contribution in [0.15, 0.2) is 42.5 Å². The molecule has 142 valence electrons. The van der Waals surface area contributed by atoms with Crippen LogP contribution in [0.5, 0.6) is 5.75 Å². The number of carbonyl (C=O) groups excluding carboxylic acids is 2. The Bertz CT molecular complexity index is 847. The van der Waals surface area contributed by atoms with Crippen molar-refractivity contribution in [2.45, 2.75) is 39.7 Å². The fraction of sp³-hybridized carbons (Fsp3) is 0.364. The monoisotopic (exact) mass is 366 g/mol. The molecule has 0 aromatic heterocycles. The molecule has 0 radical (unpaired) electrons. The fourth-order valence-corrected chi connectivity index (χ4v) is 3.15. The molecule has 2 aromatic rings. The van der Waals surface area contributed by atoms with Gasteiger partial charge in [0.25, 0.3) is 5.91 Å². The van der Waals surface area contributed by atoms with E-state index in [9.17, 15) is 9.59 Å². The van der Waals surface area contributed by atoms with Crippen molar-refractivity contribution in [1.29, 1.82) is 0 Å². The molecule has 3 rings (SSSR count). The van der Waals surface area contributed by atoms with Gasteiger partial charge in [0.1, 0.15) is 5.75 Å². The lowest BCUT2D eigenvalue weighted by molar-refractivity contribution is -0.128. The molecule has 2 aromatic carbocycles. The molecule has 0 spiro atoms. The summed E-state index contributed by atoms with van der Waals surface area (Å²) in [7, 11) is 0. The first kappa shape index (κ1) is 19.0. The molecule has 0 aliphatic carbocycles. The van der Waals surface area contributed by atoms with E-state index >= 15 is 0 Å². The second kappa shape index (κ2) is 8.25. The molecule has 5 heteroatoms. The number of carbonyl (C=O) groups is 2. The predicted molar refractivity (Wildman–Crippen MR) is 106 cm³/mol. The molecule has 0 saturated heterocycles. The molecule has 1 N–H and O–H groups in total. The van der Waals surface area contributed by atoms with E-state index in [1.807, 2.05) is 50.2 Å². The smallest absolute Gasteiger partial charge is 0.262 e.